The van der Waals surface area contributed by atoms with Gasteiger partial charge in [-0.25, -0.2) is 4.98 Å². The van der Waals surface area contributed by atoms with Crippen LogP contribution in [0.2, 0.25) is 0 Å². The molecule has 4 nitrogen and oxygen atoms in total. The van der Waals surface area contributed by atoms with E-state index in [0.29, 0.717) is 0 Å². The van der Waals surface area contributed by atoms with Crippen LogP contribution in [0.25, 0.3) is 11.3 Å². The highest BCUT2D eigenvalue weighted by Crippen LogP contribution is 2.38. The first-order valence-electron chi connectivity index (χ1n) is 6.47. The third-order valence-electron chi connectivity index (χ3n) is 2.95. The van der Waals surface area contributed by atoms with Gasteiger partial charge in [0.2, 0.25) is 0 Å². The molecule has 0 amide bonds. The van der Waals surface area contributed by atoms with Crippen LogP contribution in [0.15, 0.2) is 46.0 Å². The first kappa shape index (κ1) is 17.8. The molecular weight excluding hydrogens is 368 g/mol. The number of rotatable bonds is 5. The Morgan fingerprint density at radius 1 is 1.30 bits per heavy atom. The second-order valence-corrected chi connectivity index (χ2v) is 7.44. The molecule has 0 bridgehead atoms. The highest BCUT2D eigenvalue weighted by molar-refractivity contribution is 8.00. The molecule has 0 aliphatic carbocycles. The van der Waals surface area contributed by atoms with Crippen molar-refractivity contribution in [3.8, 4) is 11.3 Å². The molecule has 0 saturated carbocycles. The van der Waals surface area contributed by atoms with E-state index in [4.69, 9.17) is 11.1 Å². The minimum absolute atomic E-state index is 0. The number of benzene rings is 1. The van der Waals surface area contributed by atoms with Crippen LogP contribution in [0, 0.1) is 5.41 Å². The molecule has 2 aromatic heterocycles. The van der Waals surface area contributed by atoms with Crippen LogP contribution in [0.3, 0.4) is 0 Å². The predicted octanol–water partition coefficient (Wildman–Crippen LogP) is 5.04. The maximum atomic E-state index is 7.59. The smallest absolute Gasteiger partial charge is 0.187 e. The van der Waals surface area contributed by atoms with Crippen molar-refractivity contribution in [1.29, 1.82) is 5.41 Å². The largest absolute Gasteiger partial charge is 0.383 e. The summed E-state index contributed by atoms with van der Waals surface area (Å²) < 4.78 is 1.13. The van der Waals surface area contributed by atoms with Crippen LogP contribution in [0.5, 0.6) is 0 Å². The number of aromatic nitrogens is 1. The first-order chi connectivity index (χ1) is 10.7. The van der Waals surface area contributed by atoms with Crippen LogP contribution in [0.4, 0.5) is 10.8 Å². The maximum absolute atomic E-state index is 7.59. The van der Waals surface area contributed by atoms with Crippen LogP contribution in [-0.4, -0.2) is 17.1 Å². The van der Waals surface area contributed by atoms with Crippen LogP contribution in [0.1, 0.15) is 4.88 Å². The van der Waals surface area contributed by atoms with Crippen molar-refractivity contribution in [3.63, 3.8) is 0 Å². The quantitative estimate of drug-likeness (QED) is 0.328. The molecule has 120 valence electrons. The van der Waals surface area contributed by atoms with Gasteiger partial charge < -0.3 is 11.1 Å². The molecule has 0 saturated heterocycles. The molecule has 0 aliphatic heterocycles. The number of para-hydroxylation sites is 1. The topological polar surface area (TPSA) is 74.8 Å². The van der Waals surface area contributed by atoms with E-state index in [1.54, 1.807) is 23.1 Å². The van der Waals surface area contributed by atoms with Crippen molar-refractivity contribution >= 4 is 63.5 Å². The van der Waals surface area contributed by atoms with Gasteiger partial charge in [-0.05, 0) is 24.5 Å². The Morgan fingerprint density at radius 3 is 2.70 bits per heavy atom. The number of thioether (sulfide) groups is 1. The number of nitrogens with one attached hydrogen (secondary N) is 2. The Bertz CT molecular complexity index is 798. The van der Waals surface area contributed by atoms with E-state index in [2.05, 4.69) is 10.3 Å². The lowest BCUT2D eigenvalue weighted by atomic mass is 10.2. The summed E-state index contributed by atoms with van der Waals surface area (Å²) in [6.45, 7) is 0. The highest BCUT2D eigenvalue weighted by Gasteiger charge is 2.14. The van der Waals surface area contributed by atoms with E-state index in [-0.39, 0.29) is 18.2 Å². The van der Waals surface area contributed by atoms with Gasteiger partial charge in [0.25, 0.3) is 0 Å². The standard InChI is InChI=1S/C15H14N4S3.ClH/c1-20-14-10(7-12(22-14)13(16)17)11-8-21-15(19-11)18-9-5-3-2-4-6-9;/h2-8H,1H3,(H3,16,17)(H,18,19);1H. The summed E-state index contributed by atoms with van der Waals surface area (Å²) in [6, 6.07) is 11.9. The van der Waals surface area contributed by atoms with Gasteiger partial charge in [0.1, 0.15) is 5.84 Å². The number of anilines is 2. The van der Waals surface area contributed by atoms with E-state index in [9.17, 15) is 0 Å². The number of halogens is 1. The van der Waals surface area contributed by atoms with E-state index in [0.717, 1.165) is 31.2 Å². The van der Waals surface area contributed by atoms with Crippen LogP contribution >= 0.6 is 46.8 Å². The fraction of sp³-hybridized carbons (Fsp3) is 0.0667. The molecule has 1 aromatic carbocycles. The SMILES string of the molecule is CSc1sc(C(=N)N)cc1-c1csc(Nc2ccccc2)n1.Cl. The first-order valence-corrected chi connectivity index (χ1v) is 9.39. The third kappa shape index (κ3) is 4.06. The normalized spacial score (nSPS) is 10.1. The molecule has 3 rings (SSSR count). The maximum Gasteiger partial charge on any atom is 0.187 e. The zero-order valence-corrected chi connectivity index (χ0v) is 15.5. The minimum atomic E-state index is 0. The fourth-order valence-electron chi connectivity index (χ4n) is 1.94. The number of nitrogen functional groups attached to an aromatic ring is 1. The minimum Gasteiger partial charge on any atom is -0.383 e. The van der Waals surface area contributed by atoms with Gasteiger partial charge in [0, 0.05) is 16.6 Å². The molecule has 0 atom stereocenters. The molecule has 0 fully saturated rings. The number of thiophene rings is 1. The van der Waals surface area contributed by atoms with Gasteiger partial charge in [0.05, 0.1) is 14.8 Å². The van der Waals surface area contributed by atoms with Gasteiger partial charge in [-0.1, -0.05) is 18.2 Å². The second kappa shape index (κ2) is 7.83. The lowest BCUT2D eigenvalue weighted by molar-refractivity contribution is 1.37. The average Bonchev–Trinajstić information content (AvgIpc) is 3.14. The van der Waals surface area contributed by atoms with Crippen molar-refractivity contribution < 1.29 is 0 Å². The number of hydrogen-bond acceptors (Lipinski definition) is 6. The number of amidine groups is 1. The third-order valence-corrected chi connectivity index (χ3v) is 6.02. The summed E-state index contributed by atoms with van der Waals surface area (Å²) in [4.78, 5) is 5.43. The molecule has 2 heterocycles. The summed E-state index contributed by atoms with van der Waals surface area (Å²) >= 11 is 4.75. The van der Waals surface area contributed by atoms with Gasteiger partial charge in [-0.2, -0.15) is 0 Å². The molecule has 0 spiro atoms. The summed E-state index contributed by atoms with van der Waals surface area (Å²) in [7, 11) is 0. The lowest BCUT2D eigenvalue weighted by Gasteiger charge is -2.01. The molecule has 4 N–H and O–H groups in total. The second-order valence-electron chi connectivity index (χ2n) is 4.46. The molecule has 3 aromatic rings. The molecule has 0 aliphatic rings. The zero-order valence-electron chi connectivity index (χ0n) is 12.2. The monoisotopic (exact) mass is 382 g/mol. The van der Waals surface area contributed by atoms with E-state index >= 15 is 0 Å². The van der Waals surface area contributed by atoms with Crippen LogP contribution in [-0.2, 0) is 0 Å². The molecule has 0 radical (unpaired) electrons. The van der Waals surface area contributed by atoms with Crippen molar-refractivity contribution in [2.24, 2.45) is 5.73 Å². The summed E-state index contributed by atoms with van der Waals surface area (Å²) in [5, 5.41) is 13.8. The molecule has 23 heavy (non-hydrogen) atoms. The van der Waals surface area contributed by atoms with Gasteiger partial charge in [-0.15, -0.1) is 46.8 Å². The Morgan fingerprint density at radius 2 is 2.04 bits per heavy atom. The van der Waals surface area contributed by atoms with Crippen molar-refractivity contribution in [1.82, 2.24) is 4.98 Å². The van der Waals surface area contributed by atoms with Crippen LogP contribution < -0.4 is 11.1 Å². The average molecular weight is 383 g/mol. The Labute approximate surface area is 153 Å². The Hall–Kier alpha value is -1.54. The predicted molar refractivity (Wildman–Crippen MR) is 105 cm³/mol. The summed E-state index contributed by atoms with van der Waals surface area (Å²) in [6.07, 6.45) is 2.02. The van der Waals surface area contributed by atoms with Crippen molar-refractivity contribution in [3.05, 3.63) is 46.7 Å². The van der Waals surface area contributed by atoms with E-state index < -0.39 is 0 Å². The molecule has 8 heteroatoms. The van der Waals surface area contributed by atoms with Crippen molar-refractivity contribution in [2.45, 2.75) is 4.21 Å². The number of hydrogen-bond donors (Lipinski definition) is 3. The highest BCUT2D eigenvalue weighted by atomic mass is 35.5. The van der Waals surface area contributed by atoms with Crippen molar-refractivity contribution in [2.75, 3.05) is 11.6 Å². The van der Waals surface area contributed by atoms with Gasteiger partial charge in [0.15, 0.2) is 5.13 Å². The number of nitrogens with two attached hydrogens (primary N) is 1. The summed E-state index contributed by atoms with van der Waals surface area (Å²) in [5.41, 5.74) is 8.56. The fourth-order valence-corrected chi connectivity index (χ4v) is 4.41. The Balaban J connectivity index is 0.00000192. The summed E-state index contributed by atoms with van der Waals surface area (Å²) in [5.74, 6) is 0.101. The van der Waals surface area contributed by atoms with Gasteiger partial charge >= 0.3 is 0 Å². The molecule has 0 unspecified atom stereocenters. The van der Waals surface area contributed by atoms with E-state index in [1.165, 1.54) is 11.3 Å². The van der Waals surface area contributed by atoms with Gasteiger partial charge in [-0.3, -0.25) is 5.41 Å². The zero-order chi connectivity index (χ0) is 15.5. The number of nitrogens with zero attached hydrogens (tertiary/aromatic N) is 1. The lowest BCUT2D eigenvalue weighted by Crippen LogP contribution is -2.08. The Kier molecular flexibility index (Phi) is 6.06. The van der Waals surface area contributed by atoms with E-state index in [1.807, 2.05) is 48.0 Å². The number of thiazole rings is 1. The molecular formula is C15H15ClN4S3.